The van der Waals surface area contributed by atoms with E-state index in [9.17, 15) is 4.79 Å². The number of carbonyl (C=O) groups is 1. The van der Waals surface area contributed by atoms with Crippen LogP contribution in [-0.2, 0) is 4.79 Å². The highest BCUT2D eigenvalue weighted by molar-refractivity contribution is 5.72. The van der Waals surface area contributed by atoms with E-state index in [1.165, 1.54) is 176 Å². The fourth-order valence-electron chi connectivity index (χ4n) is 5.29. The van der Waals surface area contributed by atoms with Crippen LogP contribution in [-0.4, -0.2) is 86.2 Å². The van der Waals surface area contributed by atoms with Gasteiger partial charge < -0.3 is 23.3 Å². The molecule has 0 fully saturated rings. The van der Waals surface area contributed by atoms with Gasteiger partial charge in [0.2, 0.25) is 5.91 Å². The Bertz CT molecular complexity index is 407. The molecule has 260 valence electrons. The molecule has 0 aromatic rings. The fraction of sp³-hybridized carbons (Fsp3) is 0.972. The van der Waals surface area contributed by atoms with E-state index in [2.05, 4.69) is 55.4 Å². The second-order valence-corrected chi connectivity index (χ2v) is 12.7. The van der Waals surface area contributed by atoms with Crippen LogP contribution < -0.4 is 9.41 Å². The van der Waals surface area contributed by atoms with Crippen molar-refractivity contribution in [1.29, 1.82) is 0 Å². The number of halogens is 2. The number of unbranched alkanes of at least 4 members (excludes halogenated alkanes) is 8. The monoisotopic (exact) mass is 610 g/mol. The van der Waals surface area contributed by atoms with Gasteiger partial charge in [0, 0.05) is 21.0 Å². The quantitative estimate of drug-likeness (QED) is 0.151. The number of amides is 1. The summed E-state index contributed by atoms with van der Waals surface area (Å²) in [6.45, 7) is 31.6. The van der Waals surface area contributed by atoms with Crippen LogP contribution in [0.3, 0.4) is 0 Å². The highest BCUT2D eigenvalue weighted by Crippen LogP contribution is 2.17. The summed E-state index contributed by atoms with van der Waals surface area (Å²) in [6.07, 6.45) is 22.1. The summed E-state index contributed by atoms with van der Waals surface area (Å²) in [7, 11) is 3.45. The third-order valence-electron chi connectivity index (χ3n) is 8.52. The highest BCUT2D eigenvalue weighted by Gasteiger charge is 2.25. The highest BCUT2D eigenvalue weighted by atomic mass is 19.0. The summed E-state index contributed by atoms with van der Waals surface area (Å²) in [5, 5.41) is 0. The van der Waals surface area contributed by atoms with Gasteiger partial charge in [-0.3, -0.25) is 4.79 Å². The second kappa shape index (κ2) is 36.4. The molecule has 0 bridgehead atoms. The lowest BCUT2D eigenvalue weighted by atomic mass is 10.1. The molecule has 1 amide bonds. The molecule has 42 heavy (non-hydrogen) atoms. The molecular formula is C36H81F2N3O. The zero-order chi connectivity index (χ0) is 31.1. The predicted molar refractivity (Wildman–Crippen MR) is 183 cm³/mol. The van der Waals surface area contributed by atoms with Gasteiger partial charge in [0.25, 0.3) is 0 Å². The van der Waals surface area contributed by atoms with Crippen LogP contribution >= 0.6 is 0 Å². The first-order valence-corrected chi connectivity index (χ1v) is 18.0. The van der Waals surface area contributed by atoms with Crippen molar-refractivity contribution in [2.45, 2.75) is 165 Å². The van der Waals surface area contributed by atoms with Gasteiger partial charge in [-0.25, -0.2) is 0 Å². The van der Waals surface area contributed by atoms with E-state index in [0.29, 0.717) is 0 Å². The number of rotatable bonds is 24. The maximum absolute atomic E-state index is 10.1. The second-order valence-electron chi connectivity index (χ2n) is 12.7. The first-order valence-electron chi connectivity index (χ1n) is 18.0. The van der Waals surface area contributed by atoms with Crippen molar-refractivity contribution in [3.8, 4) is 0 Å². The van der Waals surface area contributed by atoms with Gasteiger partial charge in [0.1, 0.15) is 0 Å². The SMILES string of the molecule is CC(=O)N(C)C.CCCC[N+](CCCC)(CCCC)CCCC.CCCC[N+](CCCC)(CCCC)CCCC.[F-].[F-]. The Kier molecular flexibility index (Phi) is 44.1. The van der Waals surface area contributed by atoms with Crippen LogP contribution in [0.4, 0.5) is 0 Å². The van der Waals surface area contributed by atoms with Crippen molar-refractivity contribution in [3.05, 3.63) is 0 Å². The van der Waals surface area contributed by atoms with Crippen LogP contribution in [0, 0.1) is 0 Å². The zero-order valence-corrected chi connectivity index (χ0v) is 31.0. The van der Waals surface area contributed by atoms with E-state index in [0.717, 1.165) is 0 Å². The Morgan fingerprint density at radius 2 is 0.524 bits per heavy atom. The number of carbonyl (C=O) groups excluding carboxylic acids is 1. The summed E-state index contributed by atoms with van der Waals surface area (Å²) >= 11 is 0. The van der Waals surface area contributed by atoms with E-state index in [1.807, 2.05) is 0 Å². The molecule has 0 aromatic carbocycles. The normalized spacial score (nSPS) is 10.8. The van der Waals surface area contributed by atoms with Crippen LogP contribution in [0.5, 0.6) is 0 Å². The average molecular weight is 610 g/mol. The Hall–Kier alpha value is -0.750. The molecule has 0 saturated heterocycles. The standard InChI is InChI=1S/2C16H36N.C4H9NO.2FH/c2*1-5-9-13-17(14-10-6-2,15-11-7-3)16-12-8-4;1-4(6)5(2)3;;/h2*5-16H2,1-4H3;1-3H3;2*1H/q2*+1;;;/p-2. The van der Waals surface area contributed by atoms with E-state index in [-0.39, 0.29) is 15.3 Å². The molecule has 0 atom stereocenters. The maximum atomic E-state index is 10.1. The molecule has 0 N–H and O–H groups in total. The van der Waals surface area contributed by atoms with Crippen molar-refractivity contribution >= 4 is 5.91 Å². The Morgan fingerprint density at radius 1 is 0.405 bits per heavy atom. The lowest BCUT2D eigenvalue weighted by Crippen LogP contribution is -3.00. The number of hydrogen-bond acceptors (Lipinski definition) is 1. The smallest absolute Gasteiger partial charge is 0.218 e. The number of quaternary nitrogens is 2. The van der Waals surface area contributed by atoms with E-state index < -0.39 is 0 Å². The topological polar surface area (TPSA) is 20.3 Å². The van der Waals surface area contributed by atoms with Crippen LogP contribution in [0.1, 0.15) is 165 Å². The van der Waals surface area contributed by atoms with Gasteiger partial charge in [0.15, 0.2) is 0 Å². The van der Waals surface area contributed by atoms with Crippen molar-refractivity contribution in [1.82, 2.24) is 4.90 Å². The molecule has 0 rings (SSSR count). The minimum absolute atomic E-state index is 0. The van der Waals surface area contributed by atoms with Crippen LogP contribution in [0.15, 0.2) is 0 Å². The molecule has 0 radical (unpaired) electrons. The first-order chi connectivity index (χ1) is 19.1. The molecule has 0 saturated carbocycles. The van der Waals surface area contributed by atoms with Crippen molar-refractivity contribution < 1.29 is 23.2 Å². The summed E-state index contributed by atoms with van der Waals surface area (Å²) in [5.41, 5.74) is 0. The minimum Gasteiger partial charge on any atom is -1.00 e. The molecule has 0 aliphatic rings. The molecule has 4 nitrogen and oxygen atoms in total. The van der Waals surface area contributed by atoms with Gasteiger partial charge >= 0.3 is 0 Å². The van der Waals surface area contributed by atoms with E-state index in [1.54, 1.807) is 14.1 Å². The summed E-state index contributed by atoms with van der Waals surface area (Å²) in [4.78, 5) is 11.6. The van der Waals surface area contributed by atoms with Crippen molar-refractivity contribution in [3.63, 3.8) is 0 Å². The molecule has 0 heterocycles. The molecule has 0 unspecified atom stereocenters. The molecule has 0 aliphatic heterocycles. The Balaban J connectivity index is -0.000000175. The predicted octanol–water partition coefficient (Wildman–Crippen LogP) is 4.11. The van der Waals surface area contributed by atoms with Gasteiger partial charge in [-0.05, 0) is 51.4 Å². The average Bonchev–Trinajstić information content (AvgIpc) is 2.96. The van der Waals surface area contributed by atoms with Crippen LogP contribution in [0.2, 0.25) is 0 Å². The fourth-order valence-corrected chi connectivity index (χ4v) is 5.29. The number of nitrogens with zero attached hydrogens (tertiary/aromatic N) is 3. The summed E-state index contributed by atoms with van der Waals surface area (Å²) in [6, 6.07) is 0. The molecule has 0 aliphatic carbocycles. The van der Waals surface area contributed by atoms with Gasteiger partial charge in [-0.1, -0.05) is 107 Å². The van der Waals surface area contributed by atoms with Gasteiger partial charge in [-0.2, -0.15) is 0 Å². The lowest BCUT2D eigenvalue weighted by Gasteiger charge is -2.39. The van der Waals surface area contributed by atoms with Gasteiger partial charge in [-0.15, -0.1) is 0 Å². The molecule has 6 heteroatoms. The maximum Gasteiger partial charge on any atom is 0.218 e. The minimum atomic E-state index is 0. The van der Waals surface area contributed by atoms with Crippen molar-refractivity contribution in [2.75, 3.05) is 66.5 Å². The first kappa shape index (κ1) is 50.9. The molecule has 0 aromatic heterocycles. The Labute approximate surface area is 265 Å². The third kappa shape index (κ3) is 30.7. The number of hydrogen-bond donors (Lipinski definition) is 0. The van der Waals surface area contributed by atoms with E-state index in [4.69, 9.17) is 0 Å². The molecular weight excluding hydrogens is 528 g/mol. The Morgan fingerprint density at radius 3 is 0.595 bits per heavy atom. The third-order valence-corrected chi connectivity index (χ3v) is 8.52. The van der Waals surface area contributed by atoms with Crippen molar-refractivity contribution in [2.24, 2.45) is 0 Å². The lowest BCUT2D eigenvalue weighted by molar-refractivity contribution is -0.929. The zero-order valence-electron chi connectivity index (χ0n) is 31.0. The summed E-state index contributed by atoms with van der Waals surface area (Å²) < 4.78 is 2.84. The van der Waals surface area contributed by atoms with Gasteiger partial charge in [0.05, 0.1) is 52.4 Å². The molecule has 0 spiro atoms. The van der Waals surface area contributed by atoms with Crippen LogP contribution in [0.25, 0.3) is 0 Å². The summed E-state index contributed by atoms with van der Waals surface area (Å²) in [5.74, 6) is 0.0926. The van der Waals surface area contributed by atoms with E-state index >= 15 is 0 Å². The largest absolute Gasteiger partial charge is 1.00 e.